The molecule has 0 aromatic heterocycles. The van der Waals surface area contributed by atoms with Crippen LogP contribution < -0.4 is 4.74 Å². The zero-order chi connectivity index (χ0) is 12.1. The summed E-state index contributed by atoms with van der Waals surface area (Å²) in [6, 6.07) is 3.70. The first-order valence-corrected chi connectivity index (χ1v) is 6.34. The van der Waals surface area contributed by atoms with Crippen LogP contribution in [0.3, 0.4) is 0 Å². The van der Waals surface area contributed by atoms with Crippen molar-refractivity contribution in [3.8, 4) is 5.75 Å². The van der Waals surface area contributed by atoms with Crippen LogP contribution in [-0.2, 0) is 16.0 Å². The first-order valence-electron chi connectivity index (χ1n) is 4.76. The molecule has 0 aliphatic heterocycles. The molecule has 0 aliphatic rings. The Kier molecular flexibility index (Phi) is 5.28. The number of ether oxygens (including phenoxy) is 2. The molecule has 0 fully saturated rings. The van der Waals surface area contributed by atoms with Crippen molar-refractivity contribution in [2.24, 2.45) is 0 Å². The quantitative estimate of drug-likeness (QED) is 0.780. The molecule has 0 heterocycles. The average molecular weight is 352 g/mol. The van der Waals surface area contributed by atoms with Crippen LogP contribution in [-0.4, -0.2) is 19.7 Å². The maximum absolute atomic E-state index is 11.4. The topological polar surface area (TPSA) is 35.5 Å². The van der Waals surface area contributed by atoms with E-state index in [2.05, 4.69) is 31.9 Å². The third kappa shape index (κ3) is 3.49. The van der Waals surface area contributed by atoms with Gasteiger partial charge < -0.3 is 9.47 Å². The van der Waals surface area contributed by atoms with Gasteiger partial charge in [-0.25, -0.2) is 0 Å². The number of esters is 1. The van der Waals surface area contributed by atoms with Crippen LogP contribution in [0.15, 0.2) is 21.1 Å². The van der Waals surface area contributed by atoms with Gasteiger partial charge in [0.25, 0.3) is 0 Å². The molecule has 88 valence electrons. The number of methoxy groups -OCH3 is 1. The normalized spacial score (nSPS) is 10.0. The van der Waals surface area contributed by atoms with E-state index in [4.69, 9.17) is 9.47 Å². The lowest BCUT2D eigenvalue weighted by molar-refractivity contribution is -0.142. The number of carbonyl (C=O) groups excluding carboxylic acids is 1. The average Bonchev–Trinajstić information content (AvgIpc) is 2.23. The molecule has 1 aromatic carbocycles. The fourth-order valence-corrected chi connectivity index (χ4v) is 2.28. The van der Waals surface area contributed by atoms with Gasteiger partial charge in [0.05, 0.1) is 24.6 Å². The van der Waals surface area contributed by atoms with E-state index in [9.17, 15) is 4.79 Å². The Labute approximate surface area is 111 Å². The number of rotatable bonds is 4. The molecule has 0 amide bonds. The van der Waals surface area contributed by atoms with E-state index in [1.807, 2.05) is 12.1 Å². The van der Waals surface area contributed by atoms with E-state index in [1.54, 1.807) is 14.0 Å². The van der Waals surface area contributed by atoms with Crippen molar-refractivity contribution in [2.75, 3.05) is 13.7 Å². The molecule has 1 rings (SSSR count). The molecule has 1 aromatic rings. The molecule has 0 spiro atoms. The second kappa shape index (κ2) is 6.25. The molecule has 0 unspecified atom stereocenters. The van der Waals surface area contributed by atoms with E-state index < -0.39 is 0 Å². The summed E-state index contributed by atoms with van der Waals surface area (Å²) in [5, 5.41) is 0. The minimum atomic E-state index is -0.247. The van der Waals surface area contributed by atoms with Crippen molar-refractivity contribution >= 4 is 37.8 Å². The van der Waals surface area contributed by atoms with E-state index >= 15 is 0 Å². The van der Waals surface area contributed by atoms with Crippen LogP contribution in [0.4, 0.5) is 0 Å². The third-order valence-electron chi connectivity index (χ3n) is 1.94. The number of halogens is 2. The molecule has 0 bridgehead atoms. The molecule has 3 nitrogen and oxygen atoms in total. The molecule has 0 N–H and O–H groups in total. The maximum atomic E-state index is 11.4. The second-order valence-corrected chi connectivity index (χ2v) is 4.77. The van der Waals surface area contributed by atoms with Crippen molar-refractivity contribution in [1.29, 1.82) is 0 Å². The Hall–Kier alpha value is -0.550. The summed E-state index contributed by atoms with van der Waals surface area (Å²) in [5.41, 5.74) is 0.838. The molecule has 0 radical (unpaired) electrons. The highest BCUT2D eigenvalue weighted by molar-refractivity contribution is 9.11. The number of benzene rings is 1. The molecular weight excluding hydrogens is 340 g/mol. The molecule has 16 heavy (non-hydrogen) atoms. The minimum Gasteiger partial charge on any atom is -0.496 e. The first-order chi connectivity index (χ1) is 7.58. The second-order valence-electron chi connectivity index (χ2n) is 3.06. The molecule has 0 saturated heterocycles. The van der Waals surface area contributed by atoms with Crippen molar-refractivity contribution in [2.45, 2.75) is 13.3 Å². The standard InChI is InChI=1S/C11H12Br2O3/c1-3-16-10(14)5-7-4-8(12)6-9(15-2)11(7)13/h4,6H,3,5H2,1-2H3. The van der Waals surface area contributed by atoms with Crippen LogP contribution in [0.2, 0.25) is 0 Å². The lowest BCUT2D eigenvalue weighted by Gasteiger charge is -2.09. The van der Waals surface area contributed by atoms with E-state index in [0.717, 1.165) is 14.5 Å². The highest BCUT2D eigenvalue weighted by Crippen LogP contribution is 2.32. The highest BCUT2D eigenvalue weighted by atomic mass is 79.9. The maximum Gasteiger partial charge on any atom is 0.310 e. The Morgan fingerprint density at radius 1 is 1.38 bits per heavy atom. The van der Waals surface area contributed by atoms with Gasteiger partial charge in [0.1, 0.15) is 5.75 Å². The summed E-state index contributed by atoms with van der Waals surface area (Å²) in [4.78, 5) is 11.4. The third-order valence-corrected chi connectivity index (χ3v) is 3.30. The number of hydrogen-bond donors (Lipinski definition) is 0. The van der Waals surface area contributed by atoms with Crippen molar-refractivity contribution < 1.29 is 14.3 Å². The van der Waals surface area contributed by atoms with Crippen molar-refractivity contribution in [3.05, 3.63) is 26.6 Å². The first kappa shape index (κ1) is 13.5. The summed E-state index contributed by atoms with van der Waals surface area (Å²) in [6.45, 7) is 2.18. The van der Waals surface area contributed by atoms with E-state index in [0.29, 0.717) is 12.4 Å². The van der Waals surface area contributed by atoms with Gasteiger partial charge in [0, 0.05) is 4.47 Å². The molecule has 0 aliphatic carbocycles. The van der Waals surface area contributed by atoms with Crippen LogP contribution in [0.25, 0.3) is 0 Å². The highest BCUT2D eigenvalue weighted by Gasteiger charge is 2.12. The van der Waals surface area contributed by atoms with Crippen LogP contribution in [0.5, 0.6) is 5.75 Å². The Balaban J connectivity index is 2.95. The zero-order valence-corrected chi connectivity index (χ0v) is 12.2. The SMILES string of the molecule is CCOC(=O)Cc1cc(Br)cc(OC)c1Br. The molecular formula is C11H12Br2O3. The molecule has 0 atom stereocenters. The zero-order valence-electron chi connectivity index (χ0n) is 9.05. The van der Waals surface area contributed by atoms with Gasteiger partial charge >= 0.3 is 5.97 Å². The van der Waals surface area contributed by atoms with E-state index in [-0.39, 0.29) is 12.4 Å². The van der Waals surface area contributed by atoms with Gasteiger partial charge in [0.15, 0.2) is 0 Å². The fraction of sp³-hybridized carbons (Fsp3) is 0.364. The Morgan fingerprint density at radius 3 is 2.62 bits per heavy atom. The molecule has 5 heteroatoms. The smallest absolute Gasteiger partial charge is 0.310 e. The van der Waals surface area contributed by atoms with Gasteiger partial charge in [-0.3, -0.25) is 4.79 Å². The predicted molar refractivity (Wildman–Crippen MR) is 68.7 cm³/mol. The largest absolute Gasteiger partial charge is 0.496 e. The van der Waals surface area contributed by atoms with E-state index in [1.165, 1.54) is 0 Å². The van der Waals surface area contributed by atoms with Crippen LogP contribution >= 0.6 is 31.9 Å². The van der Waals surface area contributed by atoms with Crippen molar-refractivity contribution in [3.63, 3.8) is 0 Å². The number of carbonyl (C=O) groups is 1. The lowest BCUT2D eigenvalue weighted by atomic mass is 10.1. The summed E-state index contributed by atoms with van der Waals surface area (Å²) in [7, 11) is 1.58. The summed E-state index contributed by atoms with van der Waals surface area (Å²) >= 11 is 6.77. The predicted octanol–water partition coefficient (Wildman–Crippen LogP) is 3.33. The fourth-order valence-electron chi connectivity index (χ4n) is 1.26. The minimum absolute atomic E-state index is 0.226. The van der Waals surface area contributed by atoms with Gasteiger partial charge in [-0.2, -0.15) is 0 Å². The Bertz CT molecular complexity index is 391. The van der Waals surface area contributed by atoms with Crippen molar-refractivity contribution in [1.82, 2.24) is 0 Å². The molecule has 0 saturated carbocycles. The van der Waals surface area contributed by atoms with Gasteiger partial charge in [-0.15, -0.1) is 0 Å². The van der Waals surface area contributed by atoms with Gasteiger partial charge in [0.2, 0.25) is 0 Å². The monoisotopic (exact) mass is 350 g/mol. The van der Waals surface area contributed by atoms with Crippen LogP contribution in [0, 0.1) is 0 Å². The lowest BCUT2D eigenvalue weighted by Crippen LogP contribution is -2.08. The number of hydrogen-bond acceptors (Lipinski definition) is 3. The van der Waals surface area contributed by atoms with Crippen LogP contribution in [0.1, 0.15) is 12.5 Å². The summed E-state index contributed by atoms with van der Waals surface area (Å²) < 4.78 is 11.7. The summed E-state index contributed by atoms with van der Waals surface area (Å²) in [5.74, 6) is 0.442. The summed E-state index contributed by atoms with van der Waals surface area (Å²) in [6.07, 6.45) is 0.226. The Morgan fingerprint density at radius 2 is 2.06 bits per heavy atom. The van der Waals surface area contributed by atoms with Gasteiger partial charge in [-0.05, 0) is 40.5 Å². The van der Waals surface area contributed by atoms with Gasteiger partial charge in [-0.1, -0.05) is 15.9 Å².